The zero-order valence-electron chi connectivity index (χ0n) is 8.10. The minimum Gasteiger partial charge on any atom is -0.378 e. The first-order valence-corrected chi connectivity index (χ1v) is 5.35. The second-order valence-electron chi connectivity index (χ2n) is 3.46. The molecule has 0 saturated carbocycles. The number of ether oxygens (including phenoxy) is 2. The van der Waals surface area contributed by atoms with Gasteiger partial charge in [-0.15, -0.1) is 0 Å². The van der Waals surface area contributed by atoms with E-state index in [1.54, 1.807) is 13.3 Å². The Kier molecular flexibility index (Phi) is 2.83. The van der Waals surface area contributed by atoms with Gasteiger partial charge in [0.25, 0.3) is 0 Å². The topological polar surface area (TPSA) is 57.4 Å². The fourth-order valence-electron chi connectivity index (χ4n) is 1.74. The van der Waals surface area contributed by atoms with E-state index in [9.17, 15) is 0 Å². The molecule has 1 fully saturated rings. The maximum absolute atomic E-state index is 6.16. The summed E-state index contributed by atoms with van der Waals surface area (Å²) in [5, 5.41) is 0. The van der Waals surface area contributed by atoms with Crippen molar-refractivity contribution in [2.45, 2.75) is 18.1 Å². The first kappa shape index (κ1) is 10.0. The number of methoxy groups -OCH3 is 1. The first-order valence-electron chi connectivity index (χ1n) is 4.57. The summed E-state index contributed by atoms with van der Waals surface area (Å²) in [6.07, 6.45) is 2.61. The molecule has 2 unspecified atom stereocenters. The van der Waals surface area contributed by atoms with Crippen LogP contribution in [0.15, 0.2) is 12.3 Å². The predicted molar refractivity (Wildman–Crippen MR) is 54.2 cm³/mol. The summed E-state index contributed by atoms with van der Waals surface area (Å²) >= 11 is 1.42. The fourth-order valence-corrected chi connectivity index (χ4v) is 2.43. The molecule has 5 heteroatoms. The Morgan fingerprint density at radius 1 is 1.79 bits per heavy atom. The Bertz CT molecular complexity index is 283. The van der Waals surface area contributed by atoms with Crippen LogP contribution in [0, 0.1) is 0 Å². The lowest BCUT2D eigenvalue weighted by Crippen LogP contribution is -2.43. The average molecular weight is 214 g/mol. The van der Waals surface area contributed by atoms with Crippen molar-refractivity contribution in [2.24, 2.45) is 5.73 Å². The summed E-state index contributed by atoms with van der Waals surface area (Å²) in [6.45, 7) is 1.29. The normalized spacial score (nSPS) is 29.3. The smallest absolute Gasteiger partial charge is 0.113 e. The molecule has 0 spiro atoms. The first-order chi connectivity index (χ1) is 6.78. The van der Waals surface area contributed by atoms with E-state index in [0.717, 1.165) is 17.9 Å². The van der Waals surface area contributed by atoms with Crippen LogP contribution in [-0.2, 0) is 9.47 Å². The molecule has 14 heavy (non-hydrogen) atoms. The van der Waals surface area contributed by atoms with Crippen LogP contribution in [-0.4, -0.2) is 30.3 Å². The van der Waals surface area contributed by atoms with Gasteiger partial charge in [-0.1, -0.05) is 0 Å². The molecule has 4 nitrogen and oxygen atoms in total. The lowest BCUT2D eigenvalue weighted by atomic mass is 9.92. The minimum absolute atomic E-state index is 0.137. The number of hydrogen-bond acceptors (Lipinski definition) is 5. The molecule has 2 heterocycles. The van der Waals surface area contributed by atoms with Gasteiger partial charge in [0.05, 0.1) is 12.6 Å². The van der Waals surface area contributed by atoms with Crippen molar-refractivity contribution < 1.29 is 9.47 Å². The molecule has 1 saturated heterocycles. The van der Waals surface area contributed by atoms with Crippen LogP contribution in [0.2, 0.25) is 0 Å². The van der Waals surface area contributed by atoms with E-state index in [-0.39, 0.29) is 11.6 Å². The fraction of sp³-hybridized carbons (Fsp3) is 0.667. The standard InChI is InChI=1S/C9H14N2O2S/c1-12-9(3-5-13-6-9)8(10)7-2-4-11-14-7/h2,4,8H,3,5-6,10H2,1H3. The van der Waals surface area contributed by atoms with Gasteiger partial charge >= 0.3 is 0 Å². The summed E-state index contributed by atoms with van der Waals surface area (Å²) in [4.78, 5) is 1.05. The molecule has 0 bridgehead atoms. The molecule has 2 atom stereocenters. The van der Waals surface area contributed by atoms with E-state index in [4.69, 9.17) is 15.2 Å². The average Bonchev–Trinajstić information content (AvgIpc) is 2.89. The third-order valence-corrected chi connectivity index (χ3v) is 3.58. The zero-order chi connectivity index (χ0) is 10.0. The molecule has 1 aliphatic rings. The van der Waals surface area contributed by atoms with Crippen LogP contribution in [0.3, 0.4) is 0 Å². The van der Waals surface area contributed by atoms with Gasteiger partial charge in [-0.2, -0.15) is 0 Å². The number of nitrogens with zero attached hydrogens (tertiary/aromatic N) is 1. The molecular formula is C9H14N2O2S. The molecule has 0 amide bonds. The number of hydrogen-bond donors (Lipinski definition) is 1. The molecule has 0 radical (unpaired) electrons. The Morgan fingerprint density at radius 2 is 2.64 bits per heavy atom. The Hall–Kier alpha value is -0.490. The van der Waals surface area contributed by atoms with E-state index < -0.39 is 0 Å². The number of nitrogens with two attached hydrogens (primary N) is 1. The Morgan fingerprint density at radius 3 is 3.14 bits per heavy atom. The summed E-state index contributed by atoms with van der Waals surface area (Å²) < 4.78 is 14.9. The highest BCUT2D eigenvalue weighted by Crippen LogP contribution is 2.35. The third kappa shape index (κ3) is 1.56. The van der Waals surface area contributed by atoms with Gasteiger partial charge in [0.2, 0.25) is 0 Å². The van der Waals surface area contributed by atoms with Gasteiger partial charge in [0.15, 0.2) is 0 Å². The summed E-state index contributed by atoms with van der Waals surface area (Å²) in [5.41, 5.74) is 5.80. The highest BCUT2D eigenvalue weighted by Gasteiger charge is 2.42. The molecule has 2 N–H and O–H groups in total. The SMILES string of the molecule is COC1(C(N)c2ccns2)CCOC1. The van der Waals surface area contributed by atoms with Gasteiger partial charge in [-0.25, -0.2) is 4.37 Å². The molecule has 0 aliphatic carbocycles. The largest absolute Gasteiger partial charge is 0.378 e. The van der Waals surface area contributed by atoms with E-state index in [2.05, 4.69) is 4.37 Å². The Labute approximate surface area is 87.2 Å². The van der Waals surface area contributed by atoms with Crippen LogP contribution in [0.1, 0.15) is 17.3 Å². The number of aromatic nitrogens is 1. The van der Waals surface area contributed by atoms with Gasteiger partial charge in [0.1, 0.15) is 5.60 Å². The molecule has 78 valence electrons. The van der Waals surface area contributed by atoms with Crippen LogP contribution in [0.5, 0.6) is 0 Å². The van der Waals surface area contributed by atoms with Crippen molar-refractivity contribution in [3.63, 3.8) is 0 Å². The summed E-state index contributed by atoms with van der Waals surface area (Å²) in [5.74, 6) is 0. The number of rotatable bonds is 3. The molecule has 2 rings (SSSR count). The quantitative estimate of drug-likeness (QED) is 0.814. The van der Waals surface area contributed by atoms with Gasteiger partial charge in [-0.05, 0) is 17.6 Å². The van der Waals surface area contributed by atoms with Crippen molar-refractivity contribution in [3.8, 4) is 0 Å². The van der Waals surface area contributed by atoms with Gasteiger partial charge in [0, 0.05) is 31.2 Å². The molecule has 1 aliphatic heterocycles. The highest BCUT2D eigenvalue weighted by atomic mass is 32.1. The second-order valence-corrected chi connectivity index (χ2v) is 4.33. The van der Waals surface area contributed by atoms with Crippen molar-refractivity contribution in [2.75, 3.05) is 20.3 Å². The van der Waals surface area contributed by atoms with Crippen molar-refractivity contribution >= 4 is 11.5 Å². The highest BCUT2D eigenvalue weighted by molar-refractivity contribution is 7.05. The molecular weight excluding hydrogens is 200 g/mol. The summed E-state index contributed by atoms with van der Waals surface area (Å²) in [6, 6.07) is 1.80. The molecule has 1 aromatic heterocycles. The summed E-state index contributed by atoms with van der Waals surface area (Å²) in [7, 11) is 1.69. The third-order valence-electron chi connectivity index (χ3n) is 2.75. The maximum Gasteiger partial charge on any atom is 0.113 e. The van der Waals surface area contributed by atoms with Crippen LogP contribution in [0.4, 0.5) is 0 Å². The van der Waals surface area contributed by atoms with Gasteiger partial charge < -0.3 is 15.2 Å². The van der Waals surface area contributed by atoms with E-state index in [1.807, 2.05) is 6.07 Å². The van der Waals surface area contributed by atoms with E-state index in [1.165, 1.54) is 11.5 Å². The predicted octanol–water partition coefficient (Wildman–Crippen LogP) is 0.948. The van der Waals surface area contributed by atoms with Crippen LogP contribution in [0.25, 0.3) is 0 Å². The van der Waals surface area contributed by atoms with Crippen molar-refractivity contribution in [3.05, 3.63) is 17.1 Å². The lowest BCUT2D eigenvalue weighted by molar-refractivity contribution is -0.0362. The minimum atomic E-state index is -0.355. The van der Waals surface area contributed by atoms with E-state index >= 15 is 0 Å². The van der Waals surface area contributed by atoms with Crippen LogP contribution >= 0.6 is 11.5 Å². The van der Waals surface area contributed by atoms with E-state index in [0.29, 0.717) is 6.61 Å². The van der Waals surface area contributed by atoms with Crippen LogP contribution < -0.4 is 5.73 Å². The van der Waals surface area contributed by atoms with Crippen molar-refractivity contribution in [1.82, 2.24) is 4.37 Å². The second kappa shape index (κ2) is 3.94. The molecule has 1 aromatic rings. The van der Waals surface area contributed by atoms with Gasteiger partial charge in [-0.3, -0.25) is 0 Å². The van der Waals surface area contributed by atoms with Crippen molar-refractivity contribution in [1.29, 1.82) is 0 Å². The zero-order valence-corrected chi connectivity index (χ0v) is 8.92. The maximum atomic E-state index is 6.16. The lowest BCUT2D eigenvalue weighted by Gasteiger charge is -2.31. The molecule has 0 aromatic carbocycles. The Balaban J connectivity index is 2.19. The monoisotopic (exact) mass is 214 g/mol.